The lowest BCUT2D eigenvalue weighted by Gasteiger charge is -2.51. The molecule has 2 heterocycles. The Morgan fingerprint density at radius 3 is 2.74 bits per heavy atom. The minimum absolute atomic E-state index is 0.0930. The average Bonchev–Trinajstić information content (AvgIpc) is 2.34. The van der Waals surface area contributed by atoms with Crippen molar-refractivity contribution in [2.75, 3.05) is 12.4 Å². The summed E-state index contributed by atoms with van der Waals surface area (Å²) < 4.78 is 3.90. The molecule has 2 aliphatic rings. The number of β-lactam (4-membered cyclic amide) rings is 1. The molecular formula is C10H9Br2NO5S. The van der Waals surface area contributed by atoms with E-state index in [1.165, 1.54) is 23.6 Å². The third-order valence-corrected chi connectivity index (χ3v) is 6.24. The molecule has 0 bridgehead atoms. The lowest BCUT2D eigenvalue weighted by atomic mass is 10.1. The second-order valence-corrected chi connectivity index (χ2v) is 8.63. The van der Waals surface area contributed by atoms with Crippen molar-refractivity contribution in [3.8, 4) is 0 Å². The Morgan fingerprint density at radius 2 is 2.21 bits per heavy atom. The maximum Gasteiger partial charge on any atom is 0.352 e. The Labute approximate surface area is 129 Å². The number of alkyl halides is 2. The number of carboxylic acid groups (broad SMARTS) is 1. The Morgan fingerprint density at radius 1 is 1.58 bits per heavy atom. The monoisotopic (exact) mass is 413 g/mol. The number of thioether (sulfide) groups is 1. The first kappa shape index (κ1) is 14.9. The van der Waals surface area contributed by atoms with E-state index < -0.39 is 15.2 Å². The van der Waals surface area contributed by atoms with E-state index in [1.54, 1.807) is 0 Å². The number of fused-ring (bicyclic) bond motifs is 1. The van der Waals surface area contributed by atoms with Gasteiger partial charge in [0.25, 0.3) is 5.91 Å². The molecule has 0 saturated carbocycles. The first-order valence-corrected chi connectivity index (χ1v) is 7.82. The number of carbonyl (C=O) groups is 3. The van der Waals surface area contributed by atoms with Gasteiger partial charge in [-0.2, -0.15) is 0 Å². The molecule has 104 valence electrons. The highest BCUT2D eigenvalue weighted by molar-refractivity contribution is 9.26. The third kappa shape index (κ3) is 2.43. The van der Waals surface area contributed by atoms with Crippen LogP contribution in [0.1, 0.15) is 6.92 Å². The van der Waals surface area contributed by atoms with Crippen molar-refractivity contribution < 1.29 is 24.2 Å². The fraction of sp³-hybridized carbons (Fsp3) is 0.500. The Balaban J connectivity index is 2.30. The number of amides is 1. The summed E-state index contributed by atoms with van der Waals surface area (Å²) in [5.74, 6) is -1.67. The topological polar surface area (TPSA) is 83.9 Å². The van der Waals surface area contributed by atoms with Crippen LogP contribution in [0.4, 0.5) is 0 Å². The van der Waals surface area contributed by atoms with Gasteiger partial charge in [0.2, 0.25) is 0 Å². The zero-order valence-electron chi connectivity index (χ0n) is 9.68. The molecule has 1 fully saturated rings. The molecule has 1 amide bonds. The maximum absolute atomic E-state index is 11.9. The summed E-state index contributed by atoms with van der Waals surface area (Å²) in [6.07, 6.45) is 0. The molecule has 1 atom stereocenters. The molecule has 0 spiro atoms. The van der Waals surface area contributed by atoms with Crippen LogP contribution in [0.3, 0.4) is 0 Å². The minimum Gasteiger partial charge on any atom is -0.477 e. The van der Waals surface area contributed by atoms with Crippen molar-refractivity contribution in [1.29, 1.82) is 0 Å². The zero-order valence-corrected chi connectivity index (χ0v) is 13.7. The molecule has 0 radical (unpaired) electrons. The molecule has 0 aromatic carbocycles. The number of carboxylic acids is 1. The summed E-state index contributed by atoms with van der Waals surface area (Å²) in [7, 11) is 0. The lowest BCUT2D eigenvalue weighted by molar-refractivity contribution is -0.146. The number of esters is 1. The summed E-state index contributed by atoms with van der Waals surface area (Å²) in [6.45, 7) is 1.13. The lowest BCUT2D eigenvalue weighted by Crippen LogP contribution is -2.67. The fourth-order valence-corrected chi connectivity index (χ4v) is 4.66. The minimum atomic E-state index is -1.20. The number of aliphatic carboxylic acids is 1. The second-order valence-electron chi connectivity index (χ2n) is 4.00. The van der Waals surface area contributed by atoms with E-state index in [4.69, 9.17) is 4.74 Å². The average molecular weight is 415 g/mol. The van der Waals surface area contributed by atoms with Crippen LogP contribution in [0, 0.1) is 0 Å². The summed E-state index contributed by atoms with van der Waals surface area (Å²) in [5, 5.41) is 8.93. The Kier molecular flexibility index (Phi) is 3.99. The first-order valence-electron chi connectivity index (χ1n) is 5.18. The van der Waals surface area contributed by atoms with Gasteiger partial charge in [0.15, 0.2) is 3.23 Å². The highest BCUT2D eigenvalue weighted by Gasteiger charge is 2.62. The normalized spacial score (nSPS) is 24.7. The van der Waals surface area contributed by atoms with Gasteiger partial charge >= 0.3 is 11.9 Å². The standard InChI is InChI=1S/C10H9Br2NO5S/c1-4(14)18-2-5-3-19-9-10(11,12)8(17)13(9)6(5)7(15)16/h9H,2-3H2,1H3,(H,15,16)/t9-/m1/s1. The number of ether oxygens (including phenoxy) is 1. The maximum atomic E-state index is 11.9. The van der Waals surface area contributed by atoms with Crippen LogP contribution in [0.5, 0.6) is 0 Å². The van der Waals surface area contributed by atoms with Gasteiger partial charge in [0, 0.05) is 18.2 Å². The highest BCUT2D eigenvalue weighted by atomic mass is 79.9. The van der Waals surface area contributed by atoms with Crippen molar-refractivity contribution in [2.45, 2.75) is 15.5 Å². The molecule has 0 unspecified atom stereocenters. The van der Waals surface area contributed by atoms with Crippen LogP contribution < -0.4 is 0 Å². The molecule has 1 N–H and O–H groups in total. The van der Waals surface area contributed by atoms with E-state index in [0.717, 1.165) is 0 Å². The van der Waals surface area contributed by atoms with Crippen molar-refractivity contribution in [1.82, 2.24) is 4.90 Å². The van der Waals surface area contributed by atoms with Gasteiger partial charge in [-0.15, -0.1) is 11.8 Å². The summed E-state index contributed by atoms with van der Waals surface area (Å²) in [4.78, 5) is 35.3. The number of hydrogen-bond donors (Lipinski definition) is 1. The van der Waals surface area contributed by atoms with Crippen LogP contribution >= 0.6 is 43.6 Å². The van der Waals surface area contributed by atoms with Crippen LogP contribution in [0.2, 0.25) is 0 Å². The van der Waals surface area contributed by atoms with E-state index in [-0.39, 0.29) is 23.6 Å². The summed E-state index contributed by atoms with van der Waals surface area (Å²) in [6, 6.07) is 0. The van der Waals surface area contributed by atoms with E-state index in [1.807, 2.05) is 0 Å². The molecular weight excluding hydrogens is 406 g/mol. The number of halogens is 2. The predicted octanol–water partition coefficient (Wildman–Crippen LogP) is 1.29. The van der Waals surface area contributed by atoms with Gasteiger partial charge < -0.3 is 9.84 Å². The van der Waals surface area contributed by atoms with E-state index in [9.17, 15) is 19.5 Å². The SMILES string of the molecule is CC(=O)OCC1=C(C(=O)O)N2C(=O)C(Br)(Br)[C@H]2SC1. The second kappa shape index (κ2) is 5.10. The van der Waals surface area contributed by atoms with E-state index in [0.29, 0.717) is 11.3 Å². The molecule has 6 nitrogen and oxygen atoms in total. The molecule has 9 heteroatoms. The van der Waals surface area contributed by atoms with Crippen LogP contribution in [0.25, 0.3) is 0 Å². The van der Waals surface area contributed by atoms with Gasteiger partial charge in [0.05, 0.1) is 0 Å². The highest BCUT2D eigenvalue weighted by Crippen LogP contribution is 2.53. The van der Waals surface area contributed by atoms with Crippen molar-refractivity contribution in [2.24, 2.45) is 0 Å². The van der Waals surface area contributed by atoms with Crippen LogP contribution in [-0.4, -0.2) is 48.8 Å². The Hall–Kier alpha value is -0.540. The predicted molar refractivity (Wildman–Crippen MR) is 75.0 cm³/mol. The van der Waals surface area contributed by atoms with Crippen molar-refractivity contribution in [3.05, 3.63) is 11.3 Å². The smallest absolute Gasteiger partial charge is 0.352 e. The largest absolute Gasteiger partial charge is 0.477 e. The summed E-state index contributed by atoms with van der Waals surface area (Å²) in [5.41, 5.74) is 0.331. The van der Waals surface area contributed by atoms with E-state index in [2.05, 4.69) is 31.9 Å². The van der Waals surface area contributed by atoms with Gasteiger partial charge in [-0.3, -0.25) is 14.5 Å². The Bertz CT molecular complexity index is 504. The molecule has 19 heavy (non-hydrogen) atoms. The van der Waals surface area contributed by atoms with E-state index >= 15 is 0 Å². The third-order valence-electron chi connectivity index (χ3n) is 2.69. The number of hydrogen-bond acceptors (Lipinski definition) is 5. The zero-order chi connectivity index (χ0) is 14.4. The number of carbonyl (C=O) groups excluding carboxylic acids is 2. The first-order chi connectivity index (χ1) is 8.76. The molecule has 2 aliphatic heterocycles. The fourth-order valence-electron chi connectivity index (χ4n) is 1.84. The number of nitrogens with zero attached hydrogens (tertiary/aromatic N) is 1. The van der Waals surface area contributed by atoms with Gasteiger partial charge in [-0.25, -0.2) is 4.79 Å². The van der Waals surface area contributed by atoms with Crippen molar-refractivity contribution >= 4 is 61.5 Å². The molecule has 0 aliphatic carbocycles. The molecule has 2 rings (SSSR count). The van der Waals surface area contributed by atoms with Gasteiger partial charge in [-0.05, 0) is 0 Å². The van der Waals surface area contributed by atoms with Crippen LogP contribution in [0.15, 0.2) is 11.3 Å². The van der Waals surface area contributed by atoms with Crippen molar-refractivity contribution in [3.63, 3.8) is 0 Å². The molecule has 0 aromatic rings. The van der Waals surface area contributed by atoms with Gasteiger partial charge in [-0.1, -0.05) is 31.9 Å². The van der Waals surface area contributed by atoms with Crippen LogP contribution in [-0.2, 0) is 19.1 Å². The summed E-state index contributed by atoms with van der Waals surface area (Å²) >= 11 is 7.87. The molecule has 1 saturated heterocycles. The quantitative estimate of drug-likeness (QED) is 0.425. The molecule has 0 aromatic heterocycles. The number of rotatable bonds is 3. The van der Waals surface area contributed by atoms with Gasteiger partial charge in [0.1, 0.15) is 17.7 Å².